The van der Waals surface area contributed by atoms with Gasteiger partial charge in [0.05, 0.1) is 6.10 Å². The quantitative estimate of drug-likeness (QED) is 0.822. The predicted molar refractivity (Wildman–Crippen MR) is 75.5 cm³/mol. The molecule has 1 saturated carbocycles. The van der Waals surface area contributed by atoms with E-state index in [9.17, 15) is 5.11 Å². The average Bonchev–Trinajstić information content (AvgIpc) is 2.23. The maximum absolute atomic E-state index is 10.2. The van der Waals surface area contributed by atoms with Gasteiger partial charge in [0.15, 0.2) is 0 Å². The van der Waals surface area contributed by atoms with Crippen molar-refractivity contribution < 1.29 is 5.11 Å². The number of hydrogen-bond donors (Lipinski definition) is 1. The van der Waals surface area contributed by atoms with E-state index >= 15 is 0 Å². The summed E-state index contributed by atoms with van der Waals surface area (Å²) in [4.78, 5) is 2.57. The minimum absolute atomic E-state index is 0.0621. The molecule has 100 valence electrons. The largest absolute Gasteiger partial charge is 0.393 e. The van der Waals surface area contributed by atoms with Crippen molar-refractivity contribution in [3.8, 4) is 0 Å². The topological polar surface area (TPSA) is 23.5 Å². The van der Waals surface area contributed by atoms with E-state index in [0.29, 0.717) is 11.3 Å². The lowest BCUT2D eigenvalue weighted by Gasteiger charge is -2.42. The van der Waals surface area contributed by atoms with Crippen LogP contribution in [0.3, 0.4) is 0 Å². The first-order valence-corrected chi connectivity index (χ1v) is 8.03. The molecule has 3 atom stereocenters. The zero-order valence-corrected chi connectivity index (χ0v) is 12.3. The van der Waals surface area contributed by atoms with Gasteiger partial charge in [-0.15, -0.1) is 0 Å². The Bertz CT molecular complexity index is 257. The van der Waals surface area contributed by atoms with Gasteiger partial charge in [0, 0.05) is 30.6 Å². The fourth-order valence-electron chi connectivity index (χ4n) is 3.30. The monoisotopic (exact) mass is 257 g/mol. The fraction of sp³-hybridized carbons (Fsp3) is 1.00. The lowest BCUT2D eigenvalue weighted by Crippen LogP contribution is -2.45. The third-order valence-corrected chi connectivity index (χ3v) is 5.43. The van der Waals surface area contributed by atoms with Crippen LogP contribution in [0.2, 0.25) is 0 Å². The van der Waals surface area contributed by atoms with Gasteiger partial charge in [0.1, 0.15) is 0 Å². The average molecular weight is 257 g/mol. The molecular formula is C14H27NOS. The van der Waals surface area contributed by atoms with E-state index in [4.69, 9.17) is 0 Å². The second kappa shape index (κ2) is 5.50. The first-order valence-electron chi connectivity index (χ1n) is 6.98. The Morgan fingerprint density at radius 3 is 2.88 bits per heavy atom. The van der Waals surface area contributed by atoms with Gasteiger partial charge in [0.25, 0.3) is 0 Å². The summed E-state index contributed by atoms with van der Waals surface area (Å²) in [5.41, 5.74) is 0.431. The lowest BCUT2D eigenvalue weighted by molar-refractivity contribution is 0.00483. The second-order valence-electron chi connectivity index (χ2n) is 6.68. The molecule has 1 saturated heterocycles. The number of aliphatic hydroxyl groups is 1. The van der Waals surface area contributed by atoms with Crippen molar-refractivity contribution in [1.82, 2.24) is 4.90 Å². The van der Waals surface area contributed by atoms with Gasteiger partial charge in [0.2, 0.25) is 0 Å². The van der Waals surface area contributed by atoms with Crippen molar-refractivity contribution in [3.05, 3.63) is 0 Å². The normalized spacial score (nSPS) is 39.2. The van der Waals surface area contributed by atoms with Crippen molar-refractivity contribution in [2.24, 2.45) is 11.3 Å². The number of hydrogen-bond acceptors (Lipinski definition) is 3. The Morgan fingerprint density at radius 2 is 2.18 bits per heavy atom. The molecule has 17 heavy (non-hydrogen) atoms. The highest BCUT2D eigenvalue weighted by Gasteiger charge is 2.35. The lowest BCUT2D eigenvalue weighted by atomic mass is 9.70. The van der Waals surface area contributed by atoms with Crippen LogP contribution in [0.25, 0.3) is 0 Å². The van der Waals surface area contributed by atoms with Crippen molar-refractivity contribution in [2.45, 2.75) is 51.4 Å². The Kier molecular flexibility index (Phi) is 4.43. The van der Waals surface area contributed by atoms with Gasteiger partial charge in [-0.05, 0) is 30.6 Å². The van der Waals surface area contributed by atoms with Crippen LogP contribution in [0.15, 0.2) is 0 Å². The zero-order chi connectivity index (χ0) is 12.5. The van der Waals surface area contributed by atoms with Crippen LogP contribution in [0.5, 0.6) is 0 Å². The summed E-state index contributed by atoms with van der Waals surface area (Å²) in [6.07, 6.45) is 3.30. The highest BCUT2D eigenvalue weighted by atomic mass is 32.2. The number of rotatable bonds is 2. The van der Waals surface area contributed by atoms with Crippen molar-refractivity contribution in [1.29, 1.82) is 0 Å². The minimum atomic E-state index is -0.0621. The maximum Gasteiger partial charge on any atom is 0.0581 e. The summed E-state index contributed by atoms with van der Waals surface area (Å²) >= 11 is 2.08. The molecule has 2 aliphatic rings. The molecule has 0 aromatic rings. The molecule has 0 amide bonds. The van der Waals surface area contributed by atoms with Crippen LogP contribution >= 0.6 is 11.8 Å². The van der Waals surface area contributed by atoms with Crippen LogP contribution in [0.1, 0.15) is 40.0 Å². The van der Waals surface area contributed by atoms with Crippen LogP contribution in [0, 0.1) is 11.3 Å². The van der Waals surface area contributed by atoms with Crippen LogP contribution in [-0.2, 0) is 0 Å². The van der Waals surface area contributed by atoms with Gasteiger partial charge < -0.3 is 10.0 Å². The number of nitrogens with zero attached hydrogens (tertiary/aromatic N) is 1. The molecule has 0 bridgehead atoms. The van der Waals surface area contributed by atoms with E-state index in [-0.39, 0.29) is 6.10 Å². The molecule has 0 aromatic carbocycles. The molecule has 3 unspecified atom stereocenters. The molecule has 1 aliphatic carbocycles. The molecular weight excluding hydrogens is 230 g/mol. The Labute approximate surface area is 110 Å². The highest BCUT2D eigenvalue weighted by Crippen LogP contribution is 2.39. The number of thioether (sulfide) groups is 1. The summed E-state index contributed by atoms with van der Waals surface area (Å²) in [7, 11) is 0. The summed E-state index contributed by atoms with van der Waals surface area (Å²) in [6.45, 7) is 10.5. The SMILES string of the molecule is CC1CN(CC2CC(C)(C)CCC2O)CCS1. The molecule has 3 heteroatoms. The molecule has 1 aliphatic heterocycles. The molecule has 2 fully saturated rings. The second-order valence-corrected chi connectivity index (χ2v) is 8.22. The molecule has 2 nitrogen and oxygen atoms in total. The van der Waals surface area contributed by atoms with Gasteiger partial charge in [-0.25, -0.2) is 0 Å². The van der Waals surface area contributed by atoms with Crippen LogP contribution in [-0.4, -0.2) is 46.7 Å². The Hall–Kier alpha value is 0.270. The third kappa shape index (κ3) is 3.87. The van der Waals surface area contributed by atoms with Crippen molar-refractivity contribution in [2.75, 3.05) is 25.4 Å². The highest BCUT2D eigenvalue weighted by molar-refractivity contribution is 7.99. The summed E-state index contributed by atoms with van der Waals surface area (Å²) in [5, 5.41) is 10.9. The summed E-state index contributed by atoms with van der Waals surface area (Å²) < 4.78 is 0. The van der Waals surface area contributed by atoms with Gasteiger partial charge in [-0.3, -0.25) is 0 Å². The third-order valence-electron chi connectivity index (χ3n) is 4.29. The summed E-state index contributed by atoms with van der Waals surface area (Å²) in [5.74, 6) is 1.75. The molecule has 1 N–H and O–H groups in total. The Balaban J connectivity index is 1.88. The smallest absolute Gasteiger partial charge is 0.0581 e. The molecule has 2 rings (SSSR count). The molecule has 0 spiro atoms. The van der Waals surface area contributed by atoms with Gasteiger partial charge >= 0.3 is 0 Å². The first kappa shape index (κ1) is 13.7. The Morgan fingerprint density at radius 1 is 1.41 bits per heavy atom. The van der Waals surface area contributed by atoms with Crippen LogP contribution in [0.4, 0.5) is 0 Å². The van der Waals surface area contributed by atoms with Crippen molar-refractivity contribution in [3.63, 3.8) is 0 Å². The number of aliphatic hydroxyl groups excluding tert-OH is 1. The van der Waals surface area contributed by atoms with E-state index in [1.807, 2.05) is 0 Å². The molecule has 0 aromatic heterocycles. The van der Waals surface area contributed by atoms with Crippen LogP contribution < -0.4 is 0 Å². The van der Waals surface area contributed by atoms with E-state index < -0.39 is 0 Å². The van der Waals surface area contributed by atoms with Gasteiger partial charge in [-0.1, -0.05) is 20.8 Å². The van der Waals surface area contributed by atoms with E-state index in [0.717, 1.165) is 18.2 Å². The zero-order valence-electron chi connectivity index (χ0n) is 11.5. The van der Waals surface area contributed by atoms with E-state index in [1.54, 1.807) is 0 Å². The minimum Gasteiger partial charge on any atom is -0.393 e. The van der Waals surface area contributed by atoms with Gasteiger partial charge in [-0.2, -0.15) is 11.8 Å². The predicted octanol–water partition coefficient (Wildman–Crippen LogP) is 2.61. The molecule has 0 radical (unpaired) electrons. The maximum atomic E-state index is 10.2. The summed E-state index contributed by atoms with van der Waals surface area (Å²) in [6, 6.07) is 0. The van der Waals surface area contributed by atoms with E-state index in [1.165, 1.54) is 31.7 Å². The fourth-order valence-corrected chi connectivity index (χ4v) is 4.38. The van der Waals surface area contributed by atoms with Crippen molar-refractivity contribution >= 4 is 11.8 Å². The standard InChI is InChI=1S/C14H27NOS/c1-11-9-15(6-7-17-11)10-12-8-14(2,3)5-4-13(12)16/h11-13,16H,4-10H2,1-3H3. The molecule has 1 heterocycles. The van der Waals surface area contributed by atoms with E-state index in [2.05, 4.69) is 37.4 Å². The first-order chi connectivity index (χ1) is 7.96.